The van der Waals surface area contributed by atoms with Crippen molar-refractivity contribution in [2.45, 2.75) is 26.8 Å². The van der Waals surface area contributed by atoms with E-state index in [1.807, 2.05) is 20.8 Å². The van der Waals surface area contributed by atoms with Crippen LogP contribution in [-0.4, -0.2) is 21.9 Å². The maximum absolute atomic E-state index is 11.5. The van der Waals surface area contributed by atoms with Gasteiger partial charge in [-0.05, 0) is 12.8 Å². The number of hydrogen-bond acceptors (Lipinski definition) is 3. The highest BCUT2D eigenvalue weighted by Gasteiger charge is 2.17. The standard InChI is InChI=1S/C9H16N4O.ClH/c1-5(2)7(10)8(14)13-9-11-4-6(3)12-9;/h4-5,7H,10H2,1-3H3,(H2,11,12,13,14);1H/t7-;/m0./s1. The van der Waals surface area contributed by atoms with Gasteiger partial charge < -0.3 is 10.7 Å². The maximum atomic E-state index is 11.5. The minimum atomic E-state index is -0.500. The number of imidazole rings is 1. The average Bonchev–Trinajstić information content (AvgIpc) is 2.49. The second kappa shape index (κ2) is 5.72. The third kappa shape index (κ3) is 3.89. The highest BCUT2D eigenvalue weighted by Crippen LogP contribution is 2.04. The highest BCUT2D eigenvalue weighted by molar-refractivity contribution is 5.93. The lowest BCUT2D eigenvalue weighted by atomic mass is 10.1. The van der Waals surface area contributed by atoms with Crippen LogP contribution in [0.5, 0.6) is 0 Å². The molecule has 0 aliphatic rings. The summed E-state index contributed by atoms with van der Waals surface area (Å²) < 4.78 is 0. The van der Waals surface area contributed by atoms with Crippen LogP contribution in [0, 0.1) is 12.8 Å². The molecule has 0 unspecified atom stereocenters. The number of carbonyl (C=O) groups is 1. The molecule has 1 aromatic rings. The van der Waals surface area contributed by atoms with Gasteiger partial charge in [0.25, 0.3) is 0 Å². The Hall–Kier alpha value is -1.07. The predicted octanol–water partition coefficient (Wildman–Crippen LogP) is 1.06. The predicted molar refractivity (Wildman–Crippen MR) is 62.0 cm³/mol. The van der Waals surface area contributed by atoms with Crippen LogP contribution < -0.4 is 11.1 Å². The molecule has 1 heterocycles. The summed E-state index contributed by atoms with van der Waals surface area (Å²) in [6, 6.07) is -0.500. The molecule has 15 heavy (non-hydrogen) atoms. The topological polar surface area (TPSA) is 83.8 Å². The van der Waals surface area contributed by atoms with Crippen molar-refractivity contribution in [3.63, 3.8) is 0 Å². The van der Waals surface area contributed by atoms with E-state index in [2.05, 4.69) is 15.3 Å². The van der Waals surface area contributed by atoms with Crippen molar-refractivity contribution in [1.29, 1.82) is 0 Å². The Balaban J connectivity index is 0.00000196. The van der Waals surface area contributed by atoms with E-state index in [0.29, 0.717) is 5.95 Å². The van der Waals surface area contributed by atoms with Crippen LogP contribution in [0.25, 0.3) is 0 Å². The number of nitrogens with one attached hydrogen (secondary N) is 2. The van der Waals surface area contributed by atoms with E-state index >= 15 is 0 Å². The molecular formula is C9H17ClN4O. The summed E-state index contributed by atoms with van der Waals surface area (Å²) in [4.78, 5) is 18.3. The van der Waals surface area contributed by atoms with Crippen LogP contribution in [0.4, 0.5) is 5.95 Å². The molecule has 0 aliphatic heterocycles. The summed E-state index contributed by atoms with van der Waals surface area (Å²) in [5.41, 5.74) is 6.56. The molecule has 0 radical (unpaired) electrons. The fourth-order valence-corrected chi connectivity index (χ4v) is 0.979. The van der Waals surface area contributed by atoms with Gasteiger partial charge in [0.2, 0.25) is 11.9 Å². The first kappa shape index (κ1) is 13.9. The van der Waals surface area contributed by atoms with Crippen molar-refractivity contribution in [3.8, 4) is 0 Å². The minimum absolute atomic E-state index is 0. The number of hydrogen-bond donors (Lipinski definition) is 3. The molecule has 0 aliphatic carbocycles. The first-order valence-electron chi connectivity index (χ1n) is 4.58. The molecule has 0 saturated carbocycles. The van der Waals surface area contributed by atoms with Crippen molar-refractivity contribution >= 4 is 24.3 Å². The lowest BCUT2D eigenvalue weighted by Crippen LogP contribution is -2.40. The Labute approximate surface area is 95.3 Å². The summed E-state index contributed by atoms with van der Waals surface area (Å²) in [7, 11) is 0. The van der Waals surface area contributed by atoms with Gasteiger partial charge in [-0.15, -0.1) is 12.4 Å². The Morgan fingerprint density at radius 3 is 2.60 bits per heavy atom. The number of aromatic nitrogens is 2. The minimum Gasteiger partial charge on any atom is -0.328 e. The third-order valence-corrected chi connectivity index (χ3v) is 1.97. The fourth-order valence-electron chi connectivity index (χ4n) is 0.979. The van der Waals surface area contributed by atoms with E-state index in [4.69, 9.17) is 5.73 Å². The zero-order chi connectivity index (χ0) is 10.7. The van der Waals surface area contributed by atoms with Gasteiger partial charge >= 0.3 is 0 Å². The Morgan fingerprint density at radius 2 is 2.20 bits per heavy atom. The number of nitrogens with zero attached hydrogens (tertiary/aromatic N) is 1. The molecule has 0 spiro atoms. The smallest absolute Gasteiger partial charge is 0.243 e. The number of rotatable bonds is 3. The molecule has 0 bridgehead atoms. The van der Waals surface area contributed by atoms with Gasteiger partial charge in [0.05, 0.1) is 6.04 Å². The normalized spacial score (nSPS) is 12.1. The van der Waals surface area contributed by atoms with Crippen molar-refractivity contribution in [2.75, 3.05) is 5.32 Å². The van der Waals surface area contributed by atoms with Crippen LogP contribution in [-0.2, 0) is 4.79 Å². The highest BCUT2D eigenvalue weighted by atomic mass is 35.5. The van der Waals surface area contributed by atoms with Crippen LogP contribution in [0.2, 0.25) is 0 Å². The van der Waals surface area contributed by atoms with E-state index in [0.717, 1.165) is 5.69 Å². The summed E-state index contributed by atoms with van der Waals surface area (Å²) in [5, 5.41) is 2.61. The molecule has 0 fully saturated rings. The molecule has 1 aromatic heterocycles. The molecule has 1 rings (SSSR count). The van der Waals surface area contributed by atoms with Gasteiger partial charge in [-0.3, -0.25) is 10.1 Å². The zero-order valence-corrected chi connectivity index (χ0v) is 9.89. The molecule has 6 heteroatoms. The van der Waals surface area contributed by atoms with Crippen LogP contribution in [0.15, 0.2) is 6.20 Å². The SMILES string of the molecule is Cc1cnc(NC(=O)[C@@H](N)C(C)C)[nH]1.Cl. The number of halogens is 1. The third-order valence-electron chi connectivity index (χ3n) is 1.97. The van der Waals surface area contributed by atoms with Gasteiger partial charge in [0, 0.05) is 11.9 Å². The van der Waals surface area contributed by atoms with Gasteiger partial charge in [0.15, 0.2) is 0 Å². The van der Waals surface area contributed by atoms with Crippen LogP contribution >= 0.6 is 12.4 Å². The van der Waals surface area contributed by atoms with Crippen molar-refractivity contribution in [3.05, 3.63) is 11.9 Å². The quantitative estimate of drug-likeness (QED) is 0.729. The number of aromatic amines is 1. The molecule has 86 valence electrons. The van der Waals surface area contributed by atoms with Crippen LogP contribution in [0.3, 0.4) is 0 Å². The molecular weight excluding hydrogens is 216 g/mol. The molecule has 4 N–H and O–H groups in total. The van der Waals surface area contributed by atoms with Gasteiger partial charge in [0.1, 0.15) is 0 Å². The number of nitrogens with two attached hydrogens (primary N) is 1. The average molecular weight is 233 g/mol. The molecule has 1 atom stereocenters. The second-order valence-corrected chi connectivity index (χ2v) is 3.67. The first-order valence-corrected chi connectivity index (χ1v) is 4.58. The van der Waals surface area contributed by atoms with E-state index in [1.165, 1.54) is 0 Å². The Bertz CT molecular complexity index is 324. The largest absolute Gasteiger partial charge is 0.328 e. The lowest BCUT2D eigenvalue weighted by molar-refractivity contribution is -0.118. The van der Waals surface area contributed by atoms with E-state index in [-0.39, 0.29) is 24.2 Å². The number of aryl methyl sites for hydroxylation is 1. The number of amides is 1. The van der Waals surface area contributed by atoms with Crippen molar-refractivity contribution in [1.82, 2.24) is 9.97 Å². The lowest BCUT2D eigenvalue weighted by Gasteiger charge is -2.13. The zero-order valence-electron chi connectivity index (χ0n) is 9.07. The fraction of sp³-hybridized carbons (Fsp3) is 0.556. The molecule has 5 nitrogen and oxygen atoms in total. The van der Waals surface area contributed by atoms with Crippen molar-refractivity contribution in [2.24, 2.45) is 11.7 Å². The number of anilines is 1. The Morgan fingerprint density at radius 1 is 1.60 bits per heavy atom. The van der Waals surface area contributed by atoms with Crippen LogP contribution in [0.1, 0.15) is 19.5 Å². The summed E-state index contributed by atoms with van der Waals surface area (Å²) in [6.07, 6.45) is 1.65. The molecule has 0 saturated heterocycles. The number of carbonyl (C=O) groups excluding carboxylic acids is 1. The van der Waals surface area contributed by atoms with E-state index < -0.39 is 6.04 Å². The first-order chi connectivity index (χ1) is 6.50. The molecule has 1 amide bonds. The van der Waals surface area contributed by atoms with Gasteiger partial charge in [-0.2, -0.15) is 0 Å². The maximum Gasteiger partial charge on any atom is 0.243 e. The summed E-state index contributed by atoms with van der Waals surface area (Å²) in [5.74, 6) is 0.351. The van der Waals surface area contributed by atoms with Crippen molar-refractivity contribution < 1.29 is 4.79 Å². The van der Waals surface area contributed by atoms with Gasteiger partial charge in [-0.1, -0.05) is 13.8 Å². The van der Waals surface area contributed by atoms with E-state index in [1.54, 1.807) is 6.20 Å². The second-order valence-electron chi connectivity index (χ2n) is 3.67. The Kier molecular flexibility index (Phi) is 5.32. The van der Waals surface area contributed by atoms with E-state index in [9.17, 15) is 4.79 Å². The molecule has 0 aromatic carbocycles. The van der Waals surface area contributed by atoms with Gasteiger partial charge in [-0.25, -0.2) is 4.98 Å². The number of H-pyrrole nitrogens is 1. The summed E-state index contributed by atoms with van der Waals surface area (Å²) >= 11 is 0. The monoisotopic (exact) mass is 232 g/mol. The summed E-state index contributed by atoms with van der Waals surface area (Å²) in [6.45, 7) is 5.67.